The van der Waals surface area contributed by atoms with Gasteiger partial charge < -0.3 is 0 Å². The van der Waals surface area contributed by atoms with E-state index in [9.17, 15) is 0 Å². The summed E-state index contributed by atoms with van der Waals surface area (Å²) in [4.78, 5) is 0. The lowest BCUT2D eigenvalue weighted by Crippen LogP contribution is -1.80. The van der Waals surface area contributed by atoms with E-state index in [4.69, 9.17) is 0 Å². The maximum absolute atomic E-state index is 2.42. The molecule has 0 rings (SSSR count). The minimum atomic E-state index is 1.14. The summed E-state index contributed by atoms with van der Waals surface area (Å²) in [7, 11) is 0. The smallest absolute Gasteiger partial charge is 0.0348 e. The summed E-state index contributed by atoms with van der Waals surface area (Å²) in [6.45, 7) is 4.47. The molecule has 0 bridgehead atoms. The summed E-state index contributed by atoms with van der Waals surface area (Å²) in [5, 5.41) is 0. The number of hydrogen-bond donors (Lipinski definition) is 0. The molecular formula is C25H46. The van der Waals surface area contributed by atoms with Gasteiger partial charge in [0.25, 0.3) is 0 Å². The van der Waals surface area contributed by atoms with Gasteiger partial charge in [0, 0.05) is 0 Å². The molecule has 0 aromatic heterocycles. The molecule has 0 atom stereocenters. The van der Waals surface area contributed by atoms with Crippen LogP contribution in [-0.2, 0) is 0 Å². The molecule has 0 nitrogen and oxygen atoms in total. The summed E-state index contributed by atoms with van der Waals surface area (Å²) in [5.41, 5.74) is 0. The van der Waals surface area contributed by atoms with Gasteiger partial charge >= 0.3 is 0 Å². The number of rotatable bonds is 19. The van der Waals surface area contributed by atoms with Crippen LogP contribution >= 0.6 is 0 Å². The van der Waals surface area contributed by atoms with Crippen LogP contribution in [0.5, 0.6) is 0 Å². The maximum atomic E-state index is 2.42. The van der Waals surface area contributed by atoms with Crippen molar-refractivity contribution in [2.45, 2.75) is 123 Å². The molecule has 0 unspecified atom stereocenters. The average Bonchev–Trinajstić information content (AvgIpc) is 2.63. The van der Waals surface area contributed by atoms with Crippen LogP contribution in [0, 0.1) is 0 Å². The van der Waals surface area contributed by atoms with Gasteiger partial charge in [0.2, 0.25) is 0 Å². The Morgan fingerprint density at radius 1 is 0.400 bits per heavy atom. The Bertz CT molecular complexity index is 308. The van der Waals surface area contributed by atoms with Crippen LogP contribution in [0.4, 0.5) is 0 Å². The van der Waals surface area contributed by atoms with Crippen LogP contribution < -0.4 is 0 Å². The van der Waals surface area contributed by atoms with Gasteiger partial charge in [-0.1, -0.05) is 115 Å². The van der Waals surface area contributed by atoms with Crippen LogP contribution in [0.15, 0.2) is 36.5 Å². The average molecular weight is 347 g/mol. The summed E-state index contributed by atoms with van der Waals surface area (Å²) in [6.07, 6.45) is 37.0. The van der Waals surface area contributed by atoms with Gasteiger partial charge in [-0.15, -0.1) is 0 Å². The monoisotopic (exact) mass is 346 g/mol. The molecule has 0 aliphatic carbocycles. The van der Waals surface area contributed by atoms with Crippen molar-refractivity contribution in [2.24, 2.45) is 0 Å². The lowest BCUT2D eigenvalue weighted by molar-refractivity contribution is 0.590. The van der Waals surface area contributed by atoms with Crippen molar-refractivity contribution in [1.29, 1.82) is 0 Å². The van der Waals surface area contributed by atoms with Gasteiger partial charge in [-0.2, -0.15) is 0 Å². The van der Waals surface area contributed by atoms with E-state index < -0.39 is 0 Å². The Balaban J connectivity index is 3.13. The summed E-state index contributed by atoms with van der Waals surface area (Å²) in [6, 6.07) is 0. The fourth-order valence-electron chi connectivity index (χ4n) is 3.08. The summed E-state index contributed by atoms with van der Waals surface area (Å²) < 4.78 is 0. The van der Waals surface area contributed by atoms with Crippen molar-refractivity contribution in [3.8, 4) is 0 Å². The lowest BCUT2D eigenvalue weighted by Gasteiger charge is -2.00. The van der Waals surface area contributed by atoms with Gasteiger partial charge in [-0.25, -0.2) is 0 Å². The van der Waals surface area contributed by atoms with Crippen LogP contribution in [0.2, 0.25) is 0 Å². The van der Waals surface area contributed by atoms with Gasteiger partial charge in [0.1, 0.15) is 0 Å². The predicted octanol–water partition coefficient (Wildman–Crippen LogP) is 9.33. The van der Waals surface area contributed by atoms with E-state index in [-0.39, 0.29) is 0 Å². The topological polar surface area (TPSA) is 0 Å². The molecule has 0 aromatic carbocycles. The molecule has 146 valence electrons. The van der Waals surface area contributed by atoms with Crippen molar-refractivity contribution in [1.82, 2.24) is 0 Å². The first kappa shape index (κ1) is 24.2. The standard InChI is InChI=1S/C25H46/c1-3-5-7-9-11-13-15-17-19-21-23-25-24-22-20-18-16-14-12-10-8-6-4-2/h5,7,9,11,20,22H,3-4,6,8,10,12-19,21,23-25H2,1-2H3/b7-5+,11-9+,22-20+. The highest BCUT2D eigenvalue weighted by atomic mass is 14.0. The van der Waals surface area contributed by atoms with Crippen LogP contribution in [0.3, 0.4) is 0 Å². The zero-order valence-electron chi connectivity index (χ0n) is 17.5. The Morgan fingerprint density at radius 2 is 0.800 bits per heavy atom. The molecule has 0 heteroatoms. The molecule has 0 heterocycles. The molecule has 0 saturated heterocycles. The highest BCUT2D eigenvalue weighted by Crippen LogP contribution is 2.11. The first-order valence-electron chi connectivity index (χ1n) is 11.4. The van der Waals surface area contributed by atoms with E-state index in [0.29, 0.717) is 0 Å². The third-order valence-electron chi connectivity index (χ3n) is 4.75. The van der Waals surface area contributed by atoms with Gasteiger partial charge in [0.15, 0.2) is 0 Å². The highest BCUT2D eigenvalue weighted by molar-refractivity contribution is 5.01. The van der Waals surface area contributed by atoms with E-state index in [1.165, 1.54) is 103 Å². The fraction of sp³-hybridized carbons (Fsp3) is 0.760. The zero-order chi connectivity index (χ0) is 18.3. The molecular weight excluding hydrogens is 300 g/mol. The van der Waals surface area contributed by atoms with Crippen LogP contribution in [0.1, 0.15) is 123 Å². The Labute approximate surface area is 159 Å². The van der Waals surface area contributed by atoms with Crippen LogP contribution in [0.25, 0.3) is 0 Å². The number of hydrogen-bond acceptors (Lipinski definition) is 0. The Kier molecular flexibility index (Phi) is 22.5. The number of allylic oxidation sites excluding steroid dienone is 6. The van der Waals surface area contributed by atoms with Gasteiger partial charge in [0.05, 0.1) is 0 Å². The second kappa shape index (κ2) is 23.2. The highest BCUT2D eigenvalue weighted by Gasteiger charge is 1.91. The van der Waals surface area contributed by atoms with Crippen molar-refractivity contribution in [3.05, 3.63) is 36.5 Å². The molecule has 0 radical (unpaired) electrons. The molecule has 0 spiro atoms. The predicted molar refractivity (Wildman–Crippen MR) is 117 cm³/mol. The largest absolute Gasteiger partial charge is 0.0885 e. The first-order chi connectivity index (χ1) is 12.4. The molecule has 0 saturated carbocycles. The zero-order valence-corrected chi connectivity index (χ0v) is 17.5. The first-order valence-corrected chi connectivity index (χ1v) is 11.4. The Morgan fingerprint density at radius 3 is 1.28 bits per heavy atom. The molecule has 0 aliphatic rings. The molecule has 0 aliphatic heterocycles. The van der Waals surface area contributed by atoms with E-state index in [2.05, 4.69) is 50.3 Å². The second-order valence-corrected chi connectivity index (χ2v) is 7.34. The van der Waals surface area contributed by atoms with Gasteiger partial charge in [-0.05, 0) is 44.9 Å². The third-order valence-corrected chi connectivity index (χ3v) is 4.75. The molecule has 0 fully saturated rings. The Hall–Kier alpha value is -0.780. The van der Waals surface area contributed by atoms with Crippen molar-refractivity contribution < 1.29 is 0 Å². The second-order valence-electron chi connectivity index (χ2n) is 7.34. The number of unbranched alkanes of at least 4 members (excludes halogenated alkanes) is 14. The van der Waals surface area contributed by atoms with Crippen LogP contribution in [-0.4, -0.2) is 0 Å². The SMILES string of the molecule is CC/C=C/C=C/CCCCCCCC/C=C/CCCCCCCCC. The summed E-state index contributed by atoms with van der Waals surface area (Å²) >= 11 is 0. The molecule has 0 amide bonds. The van der Waals surface area contributed by atoms with E-state index in [1.807, 2.05) is 0 Å². The van der Waals surface area contributed by atoms with Crippen molar-refractivity contribution in [3.63, 3.8) is 0 Å². The minimum Gasteiger partial charge on any atom is -0.0885 e. The van der Waals surface area contributed by atoms with Crippen molar-refractivity contribution in [2.75, 3.05) is 0 Å². The fourth-order valence-corrected chi connectivity index (χ4v) is 3.08. The normalized spacial score (nSPS) is 12.2. The minimum absolute atomic E-state index is 1.14. The van der Waals surface area contributed by atoms with E-state index in [0.717, 1.165) is 6.42 Å². The molecule has 0 aromatic rings. The third kappa shape index (κ3) is 23.2. The maximum Gasteiger partial charge on any atom is -0.0348 e. The van der Waals surface area contributed by atoms with Gasteiger partial charge in [-0.3, -0.25) is 0 Å². The van der Waals surface area contributed by atoms with E-state index >= 15 is 0 Å². The quantitative estimate of drug-likeness (QED) is 0.124. The molecule has 0 N–H and O–H groups in total. The lowest BCUT2D eigenvalue weighted by atomic mass is 10.1. The molecule has 25 heavy (non-hydrogen) atoms. The van der Waals surface area contributed by atoms with E-state index in [1.54, 1.807) is 0 Å². The van der Waals surface area contributed by atoms with Crippen molar-refractivity contribution >= 4 is 0 Å². The summed E-state index contributed by atoms with van der Waals surface area (Å²) in [5.74, 6) is 0.